The highest BCUT2D eigenvalue weighted by atomic mass is 32.1. The SMILES string of the molecule is NNC(Cc1cn2ccsc2n1)C1CCCC1. The van der Waals surface area contributed by atoms with Crippen molar-refractivity contribution in [1.29, 1.82) is 0 Å². The van der Waals surface area contributed by atoms with Crippen LogP contribution < -0.4 is 11.3 Å². The molecule has 17 heavy (non-hydrogen) atoms. The summed E-state index contributed by atoms with van der Waals surface area (Å²) < 4.78 is 2.09. The smallest absolute Gasteiger partial charge is 0.193 e. The van der Waals surface area contributed by atoms with Crippen molar-refractivity contribution >= 4 is 16.3 Å². The Morgan fingerprint density at radius 3 is 3.06 bits per heavy atom. The van der Waals surface area contributed by atoms with E-state index in [1.807, 2.05) is 0 Å². The van der Waals surface area contributed by atoms with Crippen molar-refractivity contribution in [1.82, 2.24) is 14.8 Å². The molecule has 0 spiro atoms. The van der Waals surface area contributed by atoms with Crippen molar-refractivity contribution in [3.8, 4) is 0 Å². The Hall–Kier alpha value is -0.910. The van der Waals surface area contributed by atoms with E-state index in [9.17, 15) is 0 Å². The van der Waals surface area contributed by atoms with Crippen molar-refractivity contribution < 1.29 is 0 Å². The zero-order chi connectivity index (χ0) is 11.7. The van der Waals surface area contributed by atoms with Crippen LogP contribution in [0.1, 0.15) is 31.4 Å². The summed E-state index contributed by atoms with van der Waals surface area (Å²) in [5.74, 6) is 6.41. The maximum absolute atomic E-state index is 5.69. The second-order valence-electron chi connectivity index (χ2n) is 4.85. The molecule has 1 saturated carbocycles. The third-order valence-corrected chi connectivity index (χ3v) is 4.53. The van der Waals surface area contributed by atoms with Gasteiger partial charge in [-0.1, -0.05) is 12.8 Å². The number of nitrogens with two attached hydrogens (primary N) is 1. The molecule has 0 bridgehead atoms. The summed E-state index contributed by atoms with van der Waals surface area (Å²) in [6.45, 7) is 0. The van der Waals surface area contributed by atoms with Crippen LogP contribution in [0.2, 0.25) is 0 Å². The first-order valence-corrected chi connectivity index (χ1v) is 7.12. The highest BCUT2D eigenvalue weighted by molar-refractivity contribution is 7.15. The molecule has 92 valence electrons. The number of imidazole rings is 1. The standard InChI is InChI=1S/C12H18N4S/c13-15-11(9-3-1-2-4-9)7-10-8-16-5-6-17-12(16)14-10/h5-6,8-9,11,15H,1-4,7,13H2. The summed E-state index contributed by atoms with van der Waals surface area (Å²) in [4.78, 5) is 5.69. The Morgan fingerprint density at radius 1 is 1.53 bits per heavy atom. The lowest BCUT2D eigenvalue weighted by Gasteiger charge is -2.21. The molecule has 0 aromatic carbocycles. The maximum Gasteiger partial charge on any atom is 0.193 e. The van der Waals surface area contributed by atoms with Gasteiger partial charge in [-0.2, -0.15) is 0 Å². The summed E-state index contributed by atoms with van der Waals surface area (Å²) >= 11 is 1.68. The molecular formula is C12H18N4S. The first kappa shape index (κ1) is 11.2. The van der Waals surface area contributed by atoms with Gasteiger partial charge in [0, 0.05) is 30.2 Å². The molecule has 1 atom stereocenters. The van der Waals surface area contributed by atoms with E-state index in [0.717, 1.165) is 23.0 Å². The Balaban J connectivity index is 1.73. The van der Waals surface area contributed by atoms with E-state index in [-0.39, 0.29) is 0 Å². The molecule has 2 aromatic rings. The zero-order valence-corrected chi connectivity index (χ0v) is 10.6. The molecule has 1 unspecified atom stereocenters. The number of hydrogen-bond acceptors (Lipinski definition) is 4. The van der Waals surface area contributed by atoms with Crippen LogP contribution in [0.5, 0.6) is 0 Å². The van der Waals surface area contributed by atoms with Gasteiger partial charge in [0.1, 0.15) is 0 Å². The molecule has 2 aromatic heterocycles. The Bertz CT molecular complexity index is 455. The third kappa shape index (κ3) is 2.22. The second-order valence-corrected chi connectivity index (χ2v) is 5.72. The molecule has 1 aliphatic carbocycles. The van der Waals surface area contributed by atoms with Crippen molar-refractivity contribution in [2.45, 2.75) is 38.1 Å². The molecule has 2 heterocycles. The quantitative estimate of drug-likeness (QED) is 0.644. The first-order valence-electron chi connectivity index (χ1n) is 6.24. The van der Waals surface area contributed by atoms with E-state index in [1.54, 1.807) is 11.3 Å². The summed E-state index contributed by atoms with van der Waals surface area (Å²) in [7, 11) is 0. The van der Waals surface area contributed by atoms with Gasteiger partial charge in [0.25, 0.3) is 0 Å². The monoisotopic (exact) mass is 250 g/mol. The molecule has 0 aliphatic heterocycles. The van der Waals surface area contributed by atoms with Gasteiger partial charge in [0.15, 0.2) is 4.96 Å². The fourth-order valence-electron chi connectivity index (χ4n) is 2.82. The minimum absolute atomic E-state index is 0.377. The molecule has 3 N–H and O–H groups in total. The van der Waals surface area contributed by atoms with Gasteiger partial charge >= 0.3 is 0 Å². The number of hydrazine groups is 1. The summed E-state index contributed by atoms with van der Waals surface area (Å²) in [6.07, 6.45) is 10.4. The first-order chi connectivity index (χ1) is 8.36. The largest absolute Gasteiger partial charge is 0.297 e. The Kier molecular flexibility index (Phi) is 3.13. The maximum atomic E-state index is 5.69. The number of fused-ring (bicyclic) bond motifs is 1. The van der Waals surface area contributed by atoms with Crippen LogP contribution in [0.25, 0.3) is 4.96 Å². The molecule has 1 fully saturated rings. The van der Waals surface area contributed by atoms with Gasteiger partial charge in [-0.3, -0.25) is 15.7 Å². The van der Waals surface area contributed by atoms with E-state index in [4.69, 9.17) is 5.84 Å². The number of thiazole rings is 1. The molecule has 0 saturated heterocycles. The number of aromatic nitrogens is 2. The van der Waals surface area contributed by atoms with E-state index >= 15 is 0 Å². The number of hydrogen-bond donors (Lipinski definition) is 2. The van der Waals surface area contributed by atoms with Crippen molar-refractivity contribution in [2.24, 2.45) is 11.8 Å². The van der Waals surface area contributed by atoms with E-state index in [1.165, 1.54) is 25.7 Å². The summed E-state index contributed by atoms with van der Waals surface area (Å²) in [5.41, 5.74) is 4.13. The van der Waals surface area contributed by atoms with Crippen LogP contribution in [-0.4, -0.2) is 15.4 Å². The van der Waals surface area contributed by atoms with Crippen LogP contribution in [-0.2, 0) is 6.42 Å². The van der Waals surface area contributed by atoms with E-state index in [0.29, 0.717) is 6.04 Å². The van der Waals surface area contributed by atoms with Crippen LogP contribution in [0, 0.1) is 5.92 Å². The molecule has 0 radical (unpaired) electrons. The summed E-state index contributed by atoms with van der Waals surface area (Å²) in [5, 5.41) is 2.06. The summed E-state index contributed by atoms with van der Waals surface area (Å²) in [6, 6.07) is 0.377. The molecule has 1 aliphatic rings. The normalized spacial score (nSPS) is 19.1. The predicted octanol–water partition coefficient (Wildman–Crippen LogP) is 1.96. The fourth-order valence-corrected chi connectivity index (χ4v) is 3.54. The van der Waals surface area contributed by atoms with Gasteiger partial charge in [0.2, 0.25) is 0 Å². The lowest BCUT2D eigenvalue weighted by atomic mass is 9.95. The van der Waals surface area contributed by atoms with Crippen LogP contribution in [0.4, 0.5) is 0 Å². The lowest BCUT2D eigenvalue weighted by Crippen LogP contribution is -2.41. The Labute approximate surface area is 105 Å². The number of nitrogens with one attached hydrogen (secondary N) is 1. The zero-order valence-electron chi connectivity index (χ0n) is 9.80. The molecule has 5 heteroatoms. The lowest BCUT2D eigenvalue weighted by molar-refractivity contribution is 0.359. The minimum Gasteiger partial charge on any atom is -0.297 e. The Morgan fingerprint density at radius 2 is 2.35 bits per heavy atom. The van der Waals surface area contributed by atoms with E-state index < -0.39 is 0 Å². The second kappa shape index (κ2) is 4.76. The fraction of sp³-hybridized carbons (Fsp3) is 0.583. The molecule has 0 amide bonds. The van der Waals surface area contributed by atoms with Crippen molar-refractivity contribution in [2.75, 3.05) is 0 Å². The topological polar surface area (TPSA) is 55.3 Å². The van der Waals surface area contributed by atoms with Gasteiger partial charge in [-0.25, -0.2) is 4.98 Å². The number of nitrogens with zero attached hydrogens (tertiary/aromatic N) is 2. The van der Waals surface area contributed by atoms with Gasteiger partial charge < -0.3 is 0 Å². The average Bonchev–Trinajstić information content (AvgIpc) is 3.01. The van der Waals surface area contributed by atoms with E-state index in [2.05, 4.69) is 32.6 Å². The predicted molar refractivity (Wildman–Crippen MR) is 69.8 cm³/mol. The molecule has 4 nitrogen and oxygen atoms in total. The van der Waals surface area contributed by atoms with Gasteiger partial charge in [0.05, 0.1) is 5.69 Å². The average molecular weight is 250 g/mol. The minimum atomic E-state index is 0.377. The van der Waals surface area contributed by atoms with Crippen LogP contribution in [0.15, 0.2) is 17.8 Å². The number of rotatable bonds is 4. The van der Waals surface area contributed by atoms with Gasteiger partial charge in [-0.15, -0.1) is 11.3 Å². The highest BCUT2D eigenvalue weighted by Crippen LogP contribution is 2.29. The third-order valence-electron chi connectivity index (χ3n) is 3.76. The highest BCUT2D eigenvalue weighted by Gasteiger charge is 2.25. The van der Waals surface area contributed by atoms with Crippen molar-refractivity contribution in [3.05, 3.63) is 23.5 Å². The van der Waals surface area contributed by atoms with Crippen LogP contribution in [0.3, 0.4) is 0 Å². The van der Waals surface area contributed by atoms with Crippen molar-refractivity contribution in [3.63, 3.8) is 0 Å². The van der Waals surface area contributed by atoms with Crippen LogP contribution >= 0.6 is 11.3 Å². The molecule has 3 rings (SSSR count). The van der Waals surface area contributed by atoms with Gasteiger partial charge in [-0.05, 0) is 18.8 Å². The molecular weight excluding hydrogens is 232 g/mol.